The third kappa shape index (κ3) is 2.96. The van der Waals surface area contributed by atoms with Gasteiger partial charge in [-0.25, -0.2) is 0 Å². The molecule has 0 aromatic carbocycles. The summed E-state index contributed by atoms with van der Waals surface area (Å²) in [6.07, 6.45) is 8.98. The summed E-state index contributed by atoms with van der Waals surface area (Å²) in [6, 6.07) is 0. The van der Waals surface area contributed by atoms with Crippen LogP contribution in [0.5, 0.6) is 0 Å². The van der Waals surface area contributed by atoms with Gasteiger partial charge in [0.1, 0.15) is 0 Å². The topological polar surface area (TPSA) is 55.1 Å². The highest BCUT2D eigenvalue weighted by Gasteiger charge is 2.51. The van der Waals surface area contributed by atoms with Crippen molar-refractivity contribution in [3.8, 4) is 0 Å². The summed E-state index contributed by atoms with van der Waals surface area (Å²) in [7, 11) is 0. The molecule has 3 N–H and O–H groups in total. The summed E-state index contributed by atoms with van der Waals surface area (Å²) < 4.78 is 0. The number of hydrogen-bond acceptors (Lipinski definition) is 2. The van der Waals surface area contributed by atoms with Crippen molar-refractivity contribution in [1.82, 2.24) is 5.32 Å². The van der Waals surface area contributed by atoms with Crippen LogP contribution in [0.3, 0.4) is 0 Å². The van der Waals surface area contributed by atoms with Gasteiger partial charge in [-0.3, -0.25) is 4.79 Å². The van der Waals surface area contributed by atoms with Crippen LogP contribution in [0.2, 0.25) is 0 Å². The summed E-state index contributed by atoms with van der Waals surface area (Å²) in [4.78, 5) is 12.2. The summed E-state index contributed by atoms with van der Waals surface area (Å²) in [5.74, 6) is 2.99. The van der Waals surface area contributed by atoms with E-state index in [2.05, 4.69) is 5.32 Å². The predicted octanol–water partition coefficient (Wildman–Crippen LogP) is 2.45. The molecule has 4 aliphatic rings. The molecule has 4 bridgehead atoms. The van der Waals surface area contributed by atoms with Crippen molar-refractivity contribution in [2.24, 2.45) is 28.9 Å². The van der Waals surface area contributed by atoms with Crippen molar-refractivity contribution in [2.45, 2.75) is 64.3 Å². The summed E-state index contributed by atoms with van der Waals surface area (Å²) in [5.41, 5.74) is 5.97. The van der Waals surface area contributed by atoms with Crippen molar-refractivity contribution in [2.75, 3.05) is 6.54 Å². The molecule has 0 unspecified atom stereocenters. The Morgan fingerprint density at radius 2 is 1.63 bits per heavy atom. The highest BCUT2D eigenvalue weighted by Crippen LogP contribution is 2.61. The van der Waals surface area contributed by atoms with Gasteiger partial charge in [0.15, 0.2) is 0 Å². The van der Waals surface area contributed by atoms with Crippen LogP contribution in [0, 0.1) is 23.2 Å². The third-order valence-corrected chi connectivity index (χ3v) is 5.44. The number of nitrogens with one attached hydrogen (secondary N) is 1. The maximum absolute atomic E-state index is 12.2. The van der Waals surface area contributed by atoms with E-state index in [1.807, 2.05) is 13.8 Å². The highest BCUT2D eigenvalue weighted by molar-refractivity contribution is 5.76. The summed E-state index contributed by atoms with van der Waals surface area (Å²) in [6.45, 7) is 4.49. The fourth-order valence-electron chi connectivity index (χ4n) is 5.24. The Kier molecular flexibility index (Phi) is 3.16. The molecule has 0 radical (unpaired) electrons. The van der Waals surface area contributed by atoms with Gasteiger partial charge in [-0.15, -0.1) is 0 Å². The molecule has 3 heteroatoms. The van der Waals surface area contributed by atoms with Crippen molar-refractivity contribution in [3.05, 3.63) is 0 Å². The Morgan fingerprint density at radius 3 is 2.05 bits per heavy atom. The van der Waals surface area contributed by atoms with E-state index in [1.165, 1.54) is 38.5 Å². The fraction of sp³-hybridized carbons (Fsp3) is 0.938. The molecule has 4 aliphatic carbocycles. The van der Waals surface area contributed by atoms with Gasteiger partial charge in [0.2, 0.25) is 5.91 Å². The molecule has 4 fully saturated rings. The number of carbonyl (C=O) groups is 1. The molecule has 0 aromatic rings. The van der Waals surface area contributed by atoms with E-state index in [0.29, 0.717) is 12.0 Å². The summed E-state index contributed by atoms with van der Waals surface area (Å²) in [5, 5.41) is 3.03. The Morgan fingerprint density at radius 1 is 1.16 bits per heavy atom. The van der Waals surface area contributed by atoms with Crippen LogP contribution in [0.15, 0.2) is 0 Å². The molecule has 0 spiro atoms. The first-order valence-electron chi connectivity index (χ1n) is 7.89. The molecule has 0 saturated heterocycles. The Balaban J connectivity index is 1.59. The molecular weight excluding hydrogens is 236 g/mol. The lowest BCUT2D eigenvalue weighted by atomic mass is 9.49. The molecule has 108 valence electrons. The number of nitrogens with two attached hydrogens (primary N) is 1. The normalized spacial score (nSPS) is 40.5. The minimum absolute atomic E-state index is 0.223. The zero-order chi connectivity index (χ0) is 13.7. The number of rotatable bonds is 4. The van der Waals surface area contributed by atoms with Crippen LogP contribution in [0.4, 0.5) is 0 Å². The number of carbonyl (C=O) groups excluding carboxylic acids is 1. The Bertz CT molecular complexity index is 334. The first kappa shape index (κ1) is 13.4. The molecular formula is C16H28N2O. The smallest absolute Gasteiger partial charge is 0.220 e. The molecule has 0 aromatic heterocycles. The largest absolute Gasteiger partial charge is 0.354 e. The molecule has 0 atom stereocenters. The standard InChI is InChI=1S/C16H28N2O/c1-15(2,17)10-18-14(19)9-16-6-11-3-12(7-16)5-13(4-11)8-16/h11-13H,3-10,17H2,1-2H3,(H,18,19). The zero-order valence-electron chi connectivity index (χ0n) is 12.4. The van der Waals surface area contributed by atoms with Crippen molar-refractivity contribution >= 4 is 5.91 Å². The van der Waals surface area contributed by atoms with Crippen molar-refractivity contribution < 1.29 is 4.79 Å². The second-order valence-electron chi connectivity index (χ2n) is 8.36. The lowest BCUT2D eigenvalue weighted by molar-refractivity contribution is -0.129. The Labute approximate surface area is 116 Å². The van der Waals surface area contributed by atoms with Gasteiger partial charge in [-0.05, 0) is 75.5 Å². The minimum Gasteiger partial charge on any atom is -0.354 e. The van der Waals surface area contributed by atoms with Crippen molar-refractivity contribution in [1.29, 1.82) is 0 Å². The van der Waals surface area contributed by atoms with E-state index in [4.69, 9.17) is 5.73 Å². The van der Waals surface area contributed by atoms with E-state index >= 15 is 0 Å². The average molecular weight is 264 g/mol. The maximum atomic E-state index is 12.2. The van der Waals surface area contributed by atoms with Gasteiger partial charge in [0.05, 0.1) is 0 Å². The van der Waals surface area contributed by atoms with E-state index in [1.54, 1.807) is 0 Å². The third-order valence-electron chi connectivity index (χ3n) is 5.44. The van der Waals surface area contributed by atoms with Crippen LogP contribution in [0.25, 0.3) is 0 Å². The summed E-state index contributed by atoms with van der Waals surface area (Å²) >= 11 is 0. The van der Waals surface area contributed by atoms with Gasteiger partial charge in [0, 0.05) is 18.5 Å². The SMILES string of the molecule is CC(C)(N)CNC(=O)CC12CC3CC(CC(C3)C1)C2. The van der Waals surface area contributed by atoms with Gasteiger partial charge in [-0.2, -0.15) is 0 Å². The van der Waals surface area contributed by atoms with Crippen LogP contribution in [-0.2, 0) is 4.79 Å². The molecule has 4 saturated carbocycles. The lowest BCUT2D eigenvalue weighted by Gasteiger charge is -2.56. The monoisotopic (exact) mass is 264 g/mol. The van der Waals surface area contributed by atoms with Crippen LogP contribution in [-0.4, -0.2) is 18.0 Å². The van der Waals surface area contributed by atoms with Gasteiger partial charge in [-0.1, -0.05) is 0 Å². The van der Waals surface area contributed by atoms with Crippen LogP contribution >= 0.6 is 0 Å². The van der Waals surface area contributed by atoms with E-state index in [0.717, 1.165) is 24.2 Å². The average Bonchev–Trinajstić information content (AvgIpc) is 2.22. The number of amides is 1. The van der Waals surface area contributed by atoms with E-state index in [-0.39, 0.29) is 11.4 Å². The minimum atomic E-state index is -0.308. The highest BCUT2D eigenvalue weighted by atomic mass is 16.1. The van der Waals surface area contributed by atoms with Crippen molar-refractivity contribution in [3.63, 3.8) is 0 Å². The molecule has 0 aliphatic heterocycles. The first-order valence-corrected chi connectivity index (χ1v) is 7.89. The van der Waals surface area contributed by atoms with Crippen LogP contribution in [0.1, 0.15) is 58.8 Å². The molecule has 0 heterocycles. The predicted molar refractivity (Wildman–Crippen MR) is 76.5 cm³/mol. The first-order chi connectivity index (χ1) is 8.84. The quantitative estimate of drug-likeness (QED) is 0.819. The molecule has 3 nitrogen and oxygen atoms in total. The van der Waals surface area contributed by atoms with Gasteiger partial charge in [0.25, 0.3) is 0 Å². The lowest BCUT2D eigenvalue weighted by Crippen LogP contribution is -2.50. The zero-order valence-corrected chi connectivity index (χ0v) is 12.4. The maximum Gasteiger partial charge on any atom is 0.220 e. The second kappa shape index (κ2) is 4.47. The molecule has 1 amide bonds. The fourth-order valence-corrected chi connectivity index (χ4v) is 5.24. The van der Waals surface area contributed by atoms with Gasteiger partial charge >= 0.3 is 0 Å². The van der Waals surface area contributed by atoms with E-state index in [9.17, 15) is 4.79 Å². The second-order valence-corrected chi connectivity index (χ2v) is 8.36. The number of hydrogen-bond donors (Lipinski definition) is 2. The van der Waals surface area contributed by atoms with E-state index < -0.39 is 0 Å². The van der Waals surface area contributed by atoms with Crippen LogP contribution < -0.4 is 11.1 Å². The van der Waals surface area contributed by atoms with Gasteiger partial charge < -0.3 is 11.1 Å². The molecule has 4 rings (SSSR count). The Hall–Kier alpha value is -0.570. The molecule has 19 heavy (non-hydrogen) atoms.